The Hall–Kier alpha value is -2.15. The highest BCUT2D eigenvalue weighted by Gasteiger charge is 2.31. The van der Waals surface area contributed by atoms with E-state index in [1.165, 1.54) is 38.5 Å². The number of hydrogen-bond donors (Lipinski definition) is 1. The number of carbonyl (C=O) groups excluding carboxylic acids is 1. The van der Waals surface area contributed by atoms with E-state index in [0.717, 1.165) is 25.1 Å². The van der Waals surface area contributed by atoms with Crippen LogP contribution >= 0.6 is 24.0 Å². The second-order valence-corrected chi connectivity index (χ2v) is 9.36. The quantitative estimate of drug-likeness (QED) is 0.485. The molecule has 0 saturated carbocycles. The second kappa shape index (κ2) is 8.30. The Morgan fingerprint density at radius 1 is 1.10 bits per heavy atom. The van der Waals surface area contributed by atoms with Crippen molar-refractivity contribution in [2.45, 2.75) is 19.9 Å². The lowest BCUT2D eigenvalue weighted by Crippen LogP contribution is -3.05. The van der Waals surface area contributed by atoms with Crippen LogP contribution in [0.3, 0.4) is 0 Å². The van der Waals surface area contributed by atoms with Crippen LogP contribution in [0.15, 0.2) is 47.4 Å². The topological polar surface area (TPSA) is 29.7 Å². The van der Waals surface area contributed by atoms with Gasteiger partial charge in [-0.1, -0.05) is 48.2 Å². The Kier molecular flexibility index (Phi) is 5.76. The third-order valence-electron chi connectivity index (χ3n) is 5.34. The van der Waals surface area contributed by atoms with Crippen molar-refractivity contribution in [1.82, 2.24) is 9.47 Å². The number of para-hydroxylation sites is 1. The van der Waals surface area contributed by atoms with Crippen LogP contribution in [0.2, 0.25) is 0 Å². The summed E-state index contributed by atoms with van der Waals surface area (Å²) in [4.78, 5) is 16.7. The Morgan fingerprint density at radius 3 is 2.62 bits per heavy atom. The first-order valence-electron chi connectivity index (χ1n) is 10.0. The predicted molar refractivity (Wildman–Crippen MR) is 127 cm³/mol. The smallest absolute Gasteiger partial charge is 0.266 e. The molecule has 150 valence electrons. The van der Waals surface area contributed by atoms with E-state index in [9.17, 15) is 4.79 Å². The van der Waals surface area contributed by atoms with Crippen LogP contribution in [0.1, 0.15) is 18.9 Å². The highest BCUT2D eigenvalue weighted by atomic mass is 32.2. The Morgan fingerprint density at radius 2 is 1.86 bits per heavy atom. The van der Waals surface area contributed by atoms with Crippen LogP contribution in [0.5, 0.6) is 0 Å². The third-order valence-corrected chi connectivity index (χ3v) is 6.72. The van der Waals surface area contributed by atoms with Crippen LogP contribution < -0.4 is 4.90 Å². The molecule has 1 N–H and O–H groups in total. The average Bonchev–Trinajstić information content (AvgIpc) is 3.16. The number of thiocarbonyl (C=S) groups is 1. The monoisotopic (exact) mass is 424 g/mol. The molecule has 0 spiro atoms. The maximum Gasteiger partial charge on any atom is 0.266 e. The van der Waals surface area contributed by atoms with Crippen molar-refractivity contribution in [3.05, 3.63) is 52.9 Å². The van der Waals surface area contributed by atoms with Crippen LogP contribution in [0.4, 0.5) is 0 Å². The van der Waals surface area contributed by atoms with Gasteiger partial charge in [-0.15, -0.1) is 0 Å². The molecule has 0 unspecified atom stereocenters. The molecule has 4 rings (SSSR count). The minimum absolute atomic E-state index is 0.0323. The number of aryl methyl sites for hydroxylation is 1. The second-order valence-electron chi connectivity index (χ2n) is 7.68. The molecule has 1 amide bonds. The van der Waals surface area contributed by atoms with Gasteiger partial charge in [-0.25, -0.2) is 0 Å². The number of rotatable bonds is 6. The summed E-state index contributed by atoms with van der Waals surface area (Å²) in [5.74, 6) is 0.0323. The molecular formula is C23H26N3OS2+. The van der Waals surface area contributed by atoms with Crippen molar-refractivity contribution in [1.29, 1.82) is 0 Å². The number of carbonyl (C=O) groups is 1. The number of quaternary nitrogens is 1. The zero-order chi connectivity index (χ0) is 20.5. The number of fused-ring (bicyclic) bond motifs is 3. The number of thioether (sulfide) groups is 1. The molecule has 6 heteroatoms. The molecule has 1 saturated heterocycles. The van der Waals surface area contributed by atoms with E-state index in [-0.39, 0.29) is 5.91 Å². The molecule has 0 atom stereocenters. The number of benzene rings is 2. The molecule has 29 heavy (non-hydrogen) atoms. The van der Waals surface area contributed by atoms with E-state index < -0.39 is 0 Å². The molecule has 1 aliphatic rings. The zero-order valence-electron chi connectivity index (χ0n) is 17.1. The van der Waals surface area contributed by atoms with Crippen molar-refractivity contribution in [3.8, 4) is 0 Å². The van der Waals surface area contributed by atoms with Gasteiger partial charge in [0, 0.05) is 41.3 Å². The molecular weight excluding hydrogens is 398 g/mol. The van der Waals surface area contributed by atoms with Crippen LogP contribution in [-0.2, 0) is 11.3 Å². The summed E-state index contributed by atoms with van der Waals surface area (Å²) < 4.78 is 3.00. The first-order chi connectivity index (χ1) is 14.0. The number of nitrogens with one attached hydrogen (secondary N) is 1. The summed E-state index contributed by atoms with van der Waals surface area (Å²) in [6.07, 6.45) is 2.93. The summed E-state index contributed by atoms with van der Waals surface area (Å²) in [6.45, 7) is 4.81. The molecule has 4 nitrogen and oxygen atoms in total. The molecule has 0 aliphatic carbocycles. The van der Waals surface area contributed by atoms with E-state index in [1.807, 2.05) is 6.08 Å². The lowest BCUT2D eigenvalue weighted by atomic mass is 10.1. The summed E-state index contributed by atoms with van der Waals surface area (Å²) in [5, 5.41) is 2.47. The minimum Gasteiger partial charge on any atom is -0.341 e. The van der Waals surface area contributed by atoms with Crippen molar-refractivity contribution >= 4 is 62.1 Å². The van der Waals surface area contributed by atoms with Gasteiger partial charge in [0.25, 0.3) is 5.91 Å². The van der Waals surface area contributed by atoms with E-state index >= 15 is 0 Å². The van der Waals surface area contributed by atoms with Crippen molar-refractivity contribution in [2.24, 2.45) is 0 Å². The number of aromatic nitrogens is 1. The van der Waals surface area contributed by atoms with Crippen molar-refractivity contribution < 1.29 is 9.69 Å². The Labute approximate surface area is 181 Å². The summed E-state index contributed by atoms with van der Waals surface area (Å²) in [5.41, 5.74) is 3.51. The highest BCUT2D eigenvalue weighted by molar-refractivity contribution is 8.26. The molecule has 0 bridgehead atoms. The predicted octanol–water partition coefficient (Wildman–Crippen LogP) is 3.55. The fraction of sp³-hybridized carbons (Fsp3) is 0.304. The molecule has 0 radical (unpaired) electrons. The molecule has 1 aromatic heterocycles. The van der Waals surface area contributed by atoms with E-state index in [1.54, 1.807) is 4.90 Å². The van der Waals surface area contributed by atoms with E-state index in [2.05, 4.69) is 68.1 Å². The Balaban J connectivity index is 1.65. The number of nitrogens with zero attached hydrogens (tertiary/aromatic N) is 2. The lowest BCUT2D eigenvalue weighted by molar-refractivity contribution is -0.858. The van der Waals surface area contributed by atoms with Gasteiger partial charge in [0.1, 0.15) is 4.32 Å². The standard InChI is InChI=1S/C23H25N3OS2/c1-4-25-19-9-6-5-8-17(19)18-14-16(10-11-20(18)25)15-21-22(27)26(23(28)29-21)13-7-12-24(2)3/h5-6,8-11,14-15H,4,7,12-13H2,1-3H3/p+1/b21-15-. The van der Waals surface area contributed by atoms with Gasteiger partial charge in [0.05, 0.1) is 25.5 Å². The van der Waals surface area contributed by atoms with Crippen molar-refractivity contribution in [2.75, 3.05) is 27.2 Å². The van der Waals surface area contributed by atoms with Gasteiger partial charge in [0.2, 0.25) is 0 Å². The number of hydrogen-bond acceptors (Lipinski definition) is 3. The van der Waals surface area contributed by atoms with E-state index in [4.69, 9.17) is 12.2 Å². The van der Waals surface area contributed by atoms with Crippen LogP contribution in [0.25, 0.3) is 27.9 Å². The SMILES string of the molecule is CCn1c2ccccc2c2cc(/C=C3\SC(=S)N(CCC[NH+](C)C)C3=O)ccc21. The molecule has 1 aliphatic heterocycles. The first-order valence-corrected chi connectivity index (χ1v) is 11.3. The van der Waals surface area contributed by atoms with Crippen LogP contribution in [0, 0.1) is 0 Å². The van der Waals surface area contributed by atoms with Gasteiger partial charge in [-0.2, -0.15) is 0 Å². The minimum atomic E-state index is 0.0323. The zero-order valence-corrected chi connectivity index (χ0v) is 18.7. The van der Waals surface area contributed by atoms with Gasteiger partial charge in [-0.05, 0) is 36.8 Å². The normalized spacial score (nSPS) is 16.3. The van der Waals surface area contributed by atoms with Crippen molar-refractivity contribution in [3.63, 3.8) is 0 Å². The van der Waals surface area contributed by atoms with Gasteiger partial charge in [0.15, 0.2) is 0 Å². The maximum absolute atomic E-state index is 12.9. The third kappa shape index (κ3) is 3.84. The highest BCUT2D eigenvalue weighted by Crippen LogP contribution is 2.34. The first kappa shape index (κ1) is 20.1. The van der Waals surface area contributed by atoms with Gasteiger partial charge < -0.3 is 9.47 Å². The number of amides is 1. The molecule has 3 aromatic rings. The molecule has 1 fully saturated rings. The molecule has 2 heterocycles. The lowest BCUT2D eigenvalue weighted by Gasteiger charge is -2.15. The fourth-order valence-corrected chi connectivity index (χ4v) is 5.25. The summed E-state index contributed by atoms with van der Waals surface area (Å²) >= 11 is 6.88. The maximum atomic E-state index is 12.9. The Bertz CT molecular complexity index is 1130. The fourth-order valence-electron chi connectivity index (χ4n) is 3.94. The van der Waals surface area contributed by atoms with Gasteiger partial charge >= 0.3 is 0 Å². The molecule has 2 aromatic carbocycles. The van der Waals surface area contributed by atoms with Crippen LogP contribution in [-0.4, -0.2) is 46.9 Å². The summed E-state index contributed by atoms with van der Waals surface area (Å²) in [6, 6.07) is 14.9. The van der Waals surface area contributed by atoms with Gasteiger partial charge in [-0.3, -0.25) is 9.69 Å². The average molecular weight is 425 g/mol. The summed E-state index contributed by atoms with van der Waals surface area (Å²) in [7, 11) is 4.24. The van der Waals surface area contributed by atoms with E-state index in [0.29, 0.717) is 15.8 Å². The largest absolute Gasteiger partial charge is 0.341 e.